The highest BCUT2D eigenvalue weighted by atomic mass is 16.5. The van der Waals surface area contributed by atoms with E-state index in [0.717, 1.165) is 28.2 Å². The van der Waals surface area contributed by atoms with E-state index in [4.69, 9.17) is 23.4 Å². The van der Waals surface area contributed by atoms with E-state index in [2.05, 4.69) is 11.0 Å². The van der Waals surface area contributed by atoms with Crippen LogP contribution in [0.2, 0.25) is 0 Å². The largest absolute Gasteiger partial charge is 0.493 e. The van der Waals surface area contributed by atoms with Gasteiger partial charge in [0.05, 0.1) is 34.1 Å². The van der Waals surface area contributed by atoms with Crippen LogP contribution < -0.4 is 18.9 Å². The van der Waals surface area contributed by atoms with Crippen LogP contribution in [0.15, 0.2) is 53.1 Å². The van der Waals surface area contributed by atoms with Crippen molar-refractivity contribution in [3.8, 4) is 23.0 Å². The fraction of sp³-hybridized carbons (Fsp3) is 0.385. The molecule has 3 rings (SSSR count). The van der Waals surface area contributed by atoms with Crippen molar-refractivity contribution in [3.05, 3.63) is 71.2 Å². The topological polar surface area (TPSA) is 73.5 Å². The number of nitrogens with zero attached hydrogens (tertiary/aromatic N) is 1. The van der Waals surface area contributed by atoms with Crippen molar-refractivity contribution >= 4 is 0 Å². The highest BCUT2D eigenvalue weighted by Gasteiger charge is 2.18. The van der Waals surface area contributed by atoms with E-state index in [1.807, 2.05) is 50.2 Å². The number of furan rings is 1. The standard InChI is InChI=1S/C26H33NO6/c1-18-9-19(2)11-23(10-18)33-17-21(28)15-27(16-22-7-6-8-32-22)14-20-12-24(29-3)26(31-5)25(13-20)30-4/h6-13,21,28H,14-17H2,1-5H3. The third-order valence-corrected chi connectivity index (χ3v) is 5.20. The minimum atomic E-state index is -0.692. The second-order valence-electron chi connectivity index (χ2n) is 8.07. The van der Waals surface area contributed by atoms with E-state index < -0.39 is 6.10 Å². The minimum Gasteiger partial charge on any atom is -0.493 e. The molecule has 0 aliphatic rings. The summed E-state index contributed by atoms with van der Waals surface area (Å²) in [5.74, 6) is 3.29. The van der Waals surface area contributed by atoms with Crippen LogP contribution in [0.1, 0.15) is 22.5 Å². The van der Waals surface area contributed by atoms with Crippen molar-refractivity contribution in [2.24, 2.45) is 0 Å². The van der Waals surface area contributed by atoms with Crippen LogP contribution in [0.4, 0.5) is 0 Å². The second-order valence-corrected chi connectivity index (χ2v) is 8.07. The van der Waals surface area contributed by atoms with Gasteiger partial charge in [-0.3, -0.25) is 4.90 Å². The number of rotatable bonds is 12. The number of aliphatic hydroxyl groups is 1. The summed E-state index contributed by atoms with van der Waals surface area (Å²) < 4.78 is 27.8. The Bertz CT molecular complexity index is 972. The lowest BCUT2D eigenvalue weighted by Crippen LogP contribution is -2.35. The van der Waals surface area contributed by atoms with Gasteiger partial charge >= 0.3 is 0 Å². The summed E-state index contributed by atoms with van der Waals surface area (Å²) in [4.78, 5) is 2.09. The number of aliphatic hydroxyl groups excluding tert-OH is 1. The Morgan fingerprint density at radius 1 is 0.909 bits per heavy atom. The molecule has 178 valence electrons. The summed E-state index contributed by atoms with van der Waals surface area (Å²) in [6.45, 7) is 5.70. The second kappa shape index (κ2) is 11.6. The first kappa shape index (κ1) is 24.5. The molecule has 0 aliphatic carbocycles. The molecule has 0 fully saturated rings. The molecule has 33 heavy (non-hydrogen) atoms. The molecular weight excluding hydrogens is 422 g/mol. The molecule has 0 bridgehead atoms. The Kier molecular flexibility index (Phi) is 8.63. The van der Waals surface area contributed by atoms with Crippen LogP contribution in [0.3, 0.4) is 0 Å². The van der Waals surface area contributed by atoms with E-state index >= 15 is 0 Å². The summed E-state index contributed by atoms with van der Waals surface area (Å²) in [6.07, 6.45) is 0.954. The van der Waals surface area contributed by atoms with Crippen molar-refractivity contribution in [2.45, 2.75) is 33.0 Å². The molecule has 3 aromatic rings. The van der Waals surface area contributed by atoms with Crippen LogP contribution >= 0.6 is 0 Å². The first-order valence-corrected chi connectivity index (χ1v) is 10.8. The first-order chi connectivity index (χ1) is 15.9. The molecule has 0 saturated heterocycles. The quantitative estimate of drug-likeness (QED) is 0.435. The molecule has 1 heterocycles. The highest BCUT2D eigenvalue weighted by Crippen LogP contribution is 2.38. The summed E-state index contributed by atoms with van der Waals surface area (Å²) >= 11 is 0. The van der Waals surface area contributed by atoms with E-state index in [0.29, 0.717) is 36.9 Å². The average Bonchev–Trinajstić information content (AvgIpc) is 3.29. The molecule has 0 amide bonds. The van der Waals surface area contributed by atoms with E-state index in [-0.39, 0.29) is 6.61 Å². The predicted octanol–water partition coefficient (Wildman–Crippen LogP) is 4.36. The van der Waals surface area contributed by atoms with Crippen LogP contribution in [0.5, 0.6) is 23.0 Å². The maximum absolute atomic E-state index is 10.7. The zero-order valence-corrected chi connectivity index (χ0v) is 20.0. The van der Waals surface area contributed by atoms with E-state index in [9.17, 15) is 5.11 Å². The predicted molar refractivity (Wildman–Crippen MR) is 126 cm³/mol. The molecule has 0 aliphatic heterocycles. The van der Waals surface area contributed by atoms with Gasteiger partial charge in [-0.15, -0.1) is 0 Å². The molecule has 2 aromatic carbocycles. The van der Waals surface area contributed by atoms with E-state index in [1.165, 1.54) is 0 Å². The van der Waals surface area contributed by atoms with E-state index in [1.54, 1.807) is 27.6 Å². The molecule has 1 atom stereocenters. The Hall–Kier alpha value is -3.16. The van der Waals surface area contributed by atoms with Gasteiger partial charge in [-0.25, -0.2) is 0 Å². The van der Waals surface area contributed by atoms with Crippen molar-refractivity contribution in [1.29, 1.82) is 0 Å². The monoisotopic (exact) mass is 455 g/mol. The zero-order valence-electron chi connectivity index (χ0n) is 20.0. The third-order valence-electron chi connectivity index (χ3n) is 5.20. The Balaban J connectivity index is 1.73. The van der Waals surface area contributed by atoms with Gasteiger partial charge in [0, 0.05) is 13.1 Å². The van der Waals surface area contributed by atoms with Gasteiger partial charge < -0.3 is 28.5 Å². The summed E-state index contributed by atoms with van der Waals surface area (Å²) in [5.41, 5.74) is 3.21. The SMILES string of the molecule is COc1cc(CN(Cc2ccco2)CC(O)COc2cc(C)cc(C)c2)cc(OC)c1OC. The van der Waals surface area contributed by atoms with Gasteiger partial charge in [-0.05, 0) is 66.9 Å². The molecule has 7 nitrogen and oxygen atoms in total. The number of benzene rings is 2. The molecule has 0 radical (unpaired) electrons. The molecule has 1 N–H and O–H groups in total. The van der Waals surface area contributed by atoms with Gasteiger partial charge in [0.25, 0.3) is 0 Å². The van der Waals surface area contributed by atoms with Crippen LogP contribution in [-0.4, -0.2) is 50.6 Å². The maximum atomic E-state index is 10.7. The highest BCUT2D eigenvalue weighted by molar-refractivity contribution is 5.53. The van der Waals surface area contributed by atoms with Crippen molar-refractivity contribution < 1.29 is 28.5 Å². The number of methoxy groups -OCH3 is 3. The fourth-order valence-electron chi connectivity index (χ4n) is 3.85. The number of hydrogen-bond acceptors (Lipinski definition) is 7. The van der Waals surface area contributed by atoms with Gasteiger partial charge in [0.1, 0.15) is 24.2 Å². The molecule has 1 unspecified atom stereocenters. The van der Waals surface area contributed by atoms with Crippen molar-refractivity contribution in [3.63, 3.8) is 0 Å². The Morgan fingerprint density at radius 2 is 1.58 bits per heavy atom. The number of aryl methyl sites for hydroxylation is 2. The fourth-order valence-corrected chi connectivity index (χ4v) is 3.85. The lowest BCUT2D eigenvalue weighted by molar-refractivity contribution is 0.0604. The van der Waals surface area contributed by atoms with Crippen molar-refractivity contribution in [1.82, 2.24) is 4.90 Å². The smallest absolute Gasteiger partial charge is 0.203 e. The zero-order chi connectivity index (χ0) is 23.8. The van der Waals surface area contributed by atoms with Crippen LogP contribution in [0.25, 0.3) is 0 Å². The molecular formula is C26H33NO6. The summed E-state index contributed by atoms with van der Waals surface area (Å²) in [5, 5.41) is 10.7. The minimum absolute atomic E-state index is 0.187. The van der Waals surface area contributed by atoms with Gasteiger partial charge in [0.15, 0.2) is 11.5 Å². The normalized spacial score (nSPS) is 12.0. The summed E-state index contributed by atoms with van der Waals surface area (Å²) in [7, 11) is 4.76. The lowest BCUT2D eigenvalue weighted by atomic mass is 10.1. The Labute approximate surface area is 195 Å². The maximum Gasteiger partial charge on any atom is 0.203 e. The molecule has 0 spiro atoms. The Morgan fingerprint density at radius 3 is 2.12 bits per heavy atom. The average molecular weight is 456 g/mol. The molecule has 7 heteroatoms. The number of hydrogen-bond donors (Lipinski definition) is 1. The first-order valence-electron chi connectivity index (χ1n) is 10.8. The summed E-state index contributed by atoms with van der Waals surface area (Å²) in [6, 6.07) is 13.6. The lowest BCUT2D eigenvalue weighted by Gasteiger charge is -2.25. The van der Waals surface area contributed by atoms with Crippen LogP contribution in [0, 0.1) is 13.8 Å². The van der Waals surface area contributed by atoms with Crippen molar-refractivity contribution in [2.75, 3.05) is 34.5 Å². The van der Waals surface area contributed by atoms with Gasteiger partial charge in [0.2, 0.25) is 5.75 Å². The van der Waals surface area contributed by atoms with Gasteiger partial charge in [-0.1, -0.05) is 6.07 Å². The molecule has 1 aromatic heterocycles. The molecule has 0 saturated carbocycles. The number of ether oxygens (including phenoxy) is 4. The van der Waals surface area contributed by atoms with Crippen LogP contribution in [-0.2, 0) is 13.1 Å². The van der Waals surface area contributed by atoms with Gasteiger partial charge in [-0.2, -0.15) is 0 Å². The third kappa shape index (κ3) is 6.91.